The predicted octanol–water partition coefficient (Wildman–Crippen LogP) is 2.46. The number of rotatable bonds is 2. The van der Waals surface area contributed by atoms with E-state index in [4.69, 9.17) is 8.30 Å². The molecule has 0 atom stereocenters. The Morgan fingerprint density at radius 3 is 2.21 bits per heavy atom. The van der Waals surface area contributed by atoms with E-state index >= 15 is 0 Å². The van der Waals surface area contributed by atoms with E-state index in [1.807, 2.05) is 18.2 Å². The fourth-order valence-corrected chi connectivity index (χ4v) is 1.70. The molecule has 0 aromatic heterocycles. The zero-order valence-electron chi connectivity index (χ0n) is 8.45. The molecule has 1 heterocycles. The molecule has 2 rings (SSSR count). The van der Waals surface area contributed by atoms with E-state index in [1.165, 1.54) is 18.4 Å². The third-order valence-corrected chi connectivity index (χ3v) is 2.37. The number of ether oxygens (including phenoxy) is 1. The van der Waals surface area contributed by atoms with E-state index in [2.05, 4.69) is 12.1 Å². The van der Waals surface area contributed by atoms with Gasteiger partial charge in [-0.05, 0) is 12.8 Å². The van der Waals surface area contributed by atoms with Crippen LogP contribution in [0.1, 0.15) is 18.4 Å². The average Bonchev–Trinajstić information content (AvgIpc) is 2.78. The number of hydrogen-bond acceptors (Lipinski definition) is 2. The van der Waals surface area contributed by atoms with Gasteiger partial charge < -0.3 is 4.74 Å². The third-order valence-electron chi connectivity index (χ3n) is 1.94. The van der Waals surface area contributed by atoms with Crippen LogP contribution in [0.4, 0.5) is 0 Å². The van der Waals surface area contributed by atoms with Crippen LogP contribution in [-0.2, 0) is 33.6 Å². The molecule has 0 saturated carbocycles. The average molecular weight is 245 g/mol. The van der Waals surface area contributed by atoms with Crippen molar-refractivity contribution < 1.29 is 27.0 Å². The van der Waals surface area contributed by atoms with Crippen molar-refractivity contribution in [2.75, 3.05) is 13.2 Å². The Hall–Kier alpha value is -0.237. The van der Waals surface area contributed by atoms with Crippen molar-refractivity contribution in [2.24, 2.45) is 0 Å². The van der Waals surface area contributed by atoms with Crippen molar-refractivity contribution in [3.63, 3.8) is 0 Å². The Kier molecular flexibility index (Phi) is 6.85. The molecule has 0 amide bonds. The topological polar surface area (TPSA) is 18.5 Å². The molecule has 14 heavy (non-hydrogen) atoms. The number of benzene rings is 1. The van der Waals surface area contributed by atoms with Crippen LogP contribution in [0.25, 0.3) is 0 Å². The molecule has 2 nitrogen and oxygen atoms in total. The third kappa shape index (κ3) is 5.48. The van der Waals surface area contributed by atoms with Gasteiger partial charge in [-0.25, -0.2) is 0 Å². The maximum absolute atomic E-state index is 5.05. The van der Waals surface area contributed by atoms with Gasteiger partial charge >= 0.3 is 64.7 Å². The van der Waals surface area contributed by atoms with Gasteiger partial charge in [0.1, 0.15) is 0 Å². The zero-order valence-corrected chi connectivity index (χ0v) is 11.4. The van der Waals surface area contributed by atoms with Gasteiger partial charge in [0.15, 0.2) is 0 Å². The van der Waals surface area contributed by atoms with Crippen LogP contribution in [0.3, 0.4) is 0 Å². The summed E-state index contributed by atoms with van der Waals surface area (Å²) in [5.41, 5.74) is 1.25. The first-order valence-corrected chi connectivity index (χ1v) is 6.13. The minimum atomic E-state index is 0.765. The fourth-order valence-electron chi connectivity index (χ4n) is 1.20. The molecular weight excluding hydrogens is 230 g/mol. The van der Waals surface area contributed by atoms with Crippen LogP contribution in [0.2, 0.25) is 0 Å². The maximum atomic E-state index is 5.05. The Bertz CT molecular complexity index is 214. The van der Waals surface area contributed by atoms with Crippen molar-refractivity contribution in [3.05, 3.63) is 35.9 Å². The molecular formula is C11H15O2Zn. The fraction of sp³-hybridized carbons (Fsp3) is 0.455. The molecule has 1 fully saturated rings. The molecule has 0 radical (unpaired) electrons. The van der Waals surface area contributed by atoms with E-state index in [0.29, 0.717) is 0 Å². The van der Waals surface area contributed by atoms with Gasteiger partial charge in [0.2, 0.25) is 0 Å². The Labute approximate surface area is 95.7 Å². The van der Waals surface area contributed by atoms with E-state index in [0.717, 1.165) is 38.5 Å². The Morgan fingerprint density at radius 2 is 1.79 bits per heavy atom. The monoisotopic (exact) mass is 243 g/mol. The SMILES string of the molecule is C1CCOC1.[Zn][O]Cc1ccccc1. The van der Waals surface area contributed by atoms with Gasteiger partial charge in [0.05, 0.1) is 0 Å². The van der Waals surface area contributed by atoms with E-state index in [1.54, 1.807) is 0 Å². The van der Waals surface area contributed by atoms with E-state index in [9.17, 15) is 0 Å². The summed E-state index contributed by atoms with van der Waals surface area (Å²) in [7, 11) is 0. The van der Waals surface area contributed by atoms with Crippen molar-refractivity contribution in [2.45, 2.75) is 19.4 Å². The van der Waals surface area contributed by atoms with E-state index < -0.39 is 0 Å². The van der Waals surface area contributed by atoms with Gasteiger partial charge in [0.25, 0.3) is 0 Å². The normalized spacial score (nSPS) is 14.7. The van der Waals surface area contributed by atoms with Gasteiger partial charge in [-0.1, -0.05) is 0 Å². The molecule has 1 saturated heterocycles. The van der Waals surface area contributed by atoms with Gasteiger partial charge in [-0.15, -0.1) is 0 Å². The second-order valence-corrected chi connectivity index (χ2v) is 4.01. The predicted molar refractivity (Wildman–Crippen MR) is 51.3 cm³/mol. The quantitative estimate of drug-likeness (QED) is 0.744. The molecule has 1 aliphatic heterocycles. The van der Waals surface area contributed by atoms with Crippen LogP contribution in [0.15, 0.2) is 30.3 Å². The minimum absolute atomic E-state index is 0.765. The Balaban J connectivity index is 0.000000165. The number of hydrogen-bond donors (Lipinski definition) is 0. The molecule has 3 heteroatoms. The summed E-state index contributed by atoms with van der Waals surface area (Å²) in [6, 6.07) is 10.2. The first-order valence-electron chi connectivity index (χ1n) is 4.92. The zero-order chi connectivity index (χ0) is 10.1. The van der Waals surface area contributed by atoms with Crippen LogP contribution in [-0.4, -0.2) is 13.2 Å². The van der Waals surface area contributed by atoms with Gasteiger partial charge in [-0.3, -0.25) is 0 Å². The molecule has 73 valence electrons. The molecule has 1 aromatic carbocycles. The summed E-state index contributed by atoms with van der Waals surface area (Å²) in [4.78, 5) is 0. The molecule has 0 N–H and O–H groups in total. The standard InChI is InChI=1S/C7H7O.C4H8O.Zn/c8-6-7-4-2-1-3-5-7;1-2-4-5-3-1;/h1-5H,6H2;1-4H2;/q-1;;+1. The van der Waals surface area contributed by atoms with Gasteiger partial charge in [-0.2, -0.15) is 0 Å². The summed E-state index contributed by atoms with van der Waals surface area (Å²) < 4.78 is 10.00. The van der Waals surface area contributed by atoms with Crippen LogP contribution in [0, 0.1) is 0 Å². The summed E-state index contributed by atoms with van der Waals surface area (Å²) >= 11 is 0.912. The summed E-state index contributed by atoms with van der Waals surface area (Å²) in [6.07, 6.45) is 2.56. The molecule has 1 aromatic rings. The van der Waals surface area contributed by atoms with Crippen molar-refractivity contribution in [3.8, 4) is 0 Å². The second kappa shape index (κ2) is 8.10. The van der Waals surface area contributed by atoms with Crippen molar-refractivity contribution in [1.29, 1.82) is 0 Å². The molecule has 0 bridgehead atoms. The first-order chi connectivity index (χ1) is 6.93. The van der Waals surface area contributed by atoms with Crippen LogP contribution >= 0.6 is 0 Å². The Morgan fingerprint density at radius 1 is 1.14 bits per heavy atom. The second-order valence-electron chi connectivity index (χ2n) is 3.15. The van der Waals surface area contributed by atoms with Gasteiger partial charge in [0, 0.05) is 13.2 Å². The molecule has 0 spiro atoms. The van der Waals surface area contributed by atoms with Crippen molar-refractivity contribution in [1.82, 2.24) is 0 Å². The van der Waals surface area contributed by atoms with Crippen molar-refractivity contribution >= 4 is 0 Å². The summed E-state index contributed by atoms with van der Waals surface area (Å²) in [5, 5.41) is 0. The molecule has 0 unspecified atom stereocenters. The first kappa shape index (κ1) is 11.8. The van der Waals surface area contributed by atoms with E-state index in [-0.39, 0.29) is 0 Å². The molecule has 1 aliphatic rings. The summed E-state index contributed by atoms with van der Waals surface area (Å²) in [5.74, 6) is 0. The van der Waals surface area contributed by atoms with Crippen LogP contribution < -0.4 is 0 Å². The van der Waals surface area contributed by atoms with Crippen LogP contribution in [0.5, 0.6) is 0 Å². The molecule has 0 aliphatic carbocycles. The summed E-state index contributed by atoms with van der Waals surface area (Å²) in [6.45, 7) is 2.76.